The molecule has 0 fully saturated rings. The number of rotatable bonds is 5. The molecular formula is C25H18Cl2N8O3. The summed E-state index contributed by atoms with van der Waals surface area (Å²) in [7, 11) is 0. The highest BCUT2D eigenvalue weighted by molar-refractivity contribution is 6.31. The van der Waals surface area contributed by atoms with Crippen LogP contribution in [-0.4, -0.2) is 40.6 Å². The van der Waals surface area contributed by atoms with Crippen molar-refractivity contribution >= 4 is 29.3 Å². The van der Waals surface area contributed by atoms with Crippen LogP contribution < -0.4 is 16.0 Å². The van der Waals surface area contributed by atoms with Crippen molar-refractivity contribution in [2.75, 3.05) is 0 Å². The summed E-state index contributed by atoms with van der Waals surface area (Å²) in [6.45, 7) is 0. The Morgan fingerprint density at radius 1 is 1.08 bits per heavy atom. The van der Waals surface area contributed by atoms with Crippen LogP contribution in [0.5, 0.6) is 5.88 Å². The van der Waals surface area contributed by atoms with Gasteiger partial charge < -0.3 is 20.0 Å². The first kappa shape index (κ1) is 23.9. The number of primary amides is 1. The number of aryl methyl sites for hydroxylation is 1. The number of carbonyl (C=O) groups is 1. The third kappa shape index (κ3) is 4.42. The van der Waals surface area contributed by atoms with E-state index in [2.05, 4.69) is 25.3 Å². The standard InChI is InChI=1S/C25H18Cl2N8O3/c26-15-2-4-19(34-12-21(27)32-33-34)17(9-15)14-7-16-3-5-20(35(16)23(36)8-14)24-30-11-18(31-24)13-1-6-22(29-10-13)38-25(28)37/h1-2,4,6-12,20H,3,5H2,(H2,28,37)(H,30,31)/t20-/m0/s1. The molecule has 0 radical (unpaired) electrons. The number of hydrogen-bond donors (Lipinski definition) is 2. The minimum atomic E-state index is -0.933. The predicted molar refractivity (Wildman–Crippen MR) is 140 cm³/mol. The first-order chi connectivity index (χ1) is 18.4. The van der Waals surface area contributed by atoms with E-state index in [9.17, 15) is 9.59 Å². The monoisotopic (exact) mass is 548 g/mol. The fourth-order valence-corrected chi connectivity index (χ4v) is 4.96. The maximum Gasteiger partial charge on any atom is 0.411 e. The average Bonchev–Trinajstić information content (AvgIpc) is 3.64. The van der Waals surface area contributed by atoms with Crippen LogP contribution in [0.2, 0.25) is 10.2 Å². The lowest BCUT2D eigenvalue weighted by Gasteiger charge is -2.15. The number of nitrogens with two attached hydrogens (primary N) is 1. The normalized spacial score (nSPS) is 14.4. The quantitative estimate of drug-likeness (QED) is 0.334. The number of nitrogens with zero attached hydrogens (tertiary/aromatic N) is 6. The second-order valence-electron chi connectivity index (χ2n) is 8.63. The van der Waals surface area contributed by atoms with Gasteiger partial charge in [0.25, 0.3) is 5.56 Å². The number of nitrogens with one attached hydrogen (secondary N) is 1. The lowest BCUT2D eigenvalue weighted by atomic mass is 10.0. The highest BCUT2D eigenvalue weighted by Gasteiger charge is 2.28. The van der Waals surface area contributed by atoms with Crippen molar-refractivity contribution in [1.29, 1.82) is 0 Å². The summed E-state index contributed by atoms with van der Waals surface area (Å²) in [5.74, 6) is 0.759. The maximum atomic E-state index is 13.4. The molecule has 38 heavy (non-hydrogen) atoms. The number of imidazole rings is 1. The second-order valence-corrected chi connectivity index (χ2v) is 9.46. The summed E-state index contributed by atoms with van der Waals surface area (Å²) in [4.78, 5) is 36.2. The van der Waals surface area contributed by atoms with Crippen LogP contribution in [0.3, 0.4) is 0 Å². The van der Waals surface area contributed by atoms with E-state index in [0.29, 0.717) is 35.1 Å². The van der Waals surface area contributed by atoms with Crippen molar-refractivity contribution in [3.05, 3.63) is 93.1 Å². The molecule has 4 aromatic heterocycles. The van der Waals surface area contributed by atoms with Gasteiger partial charge >= 0.3 is 6.09 Å². The van der Waals surface area contributed by atoms with Crippen molar-refractivity contribution in [3.8, 4) is 34.0 Å². The Balaban J connectivity index is 1.33. The van der Waals surface area contributed by atoms with Gasteiger partial charge in [-0.15, -0.1) is 5.10 Å². The Kier molecular flexibility index (Phi) is 5.93. The summed E-state index contributed by atoms with van der Waals surface area (Å²) < 4.78 is 8.07. The van der Waals surface area contributed by atoms with Gasteiger partial charge in [0.1, 0.15) is 5.82 Å². The van der Waals surface area contributed by atoms with Crippen LogP contribution in [-0.2, 0) is 6.42 Å². The van der Waals surface area contributed by atoms with E-state index < -0.39 is 6.09 Å². The van der Waals surface area contributed by atoms with Crippen LogP contribution in [0.15, 0.2) is 65.8 Å². The van der Waals surface area contributed by atoms with Gasteiger partial charge in [-0.2, -0.15) is 0 Å². The third-order valence-electron chi connectivity index (χ3n) is 6.28. The number of fused-ring (bicyclic) bond motifs is 1. The van der Waals surface area contributed by atoms with E-state index in [-0.39, 0.29) is 22.6 Å². The van der Waals surface area contributed by atoms with Crippen molar-refractivity contribution in [2.45, 2.75) is 18.9 Å². The molecule has 1 aromatic carbocycles. The first-order valence-electron chi connectivity index (χ1n) is 11.5. The number of carbonyl (C=O) groups excluding carboxylic acids is 1. The number of halogens is 2. The smallest absolute Gasteiger partial charge is 0.391 e. The van der Waals surface area contributed by atoms with Gasteiger partial charge in [0.05, 0.1) is 29.8 Å². The molecule has 1 amide bonds. The molecule has 190 valence electrons. The molecule has 11 nitrogen and oxygen atoms in total. The molecule has 0 saturated heterocycles. The molecule has 1 aliphatic rings. The van der Waals surface area contributed by atoms with Crippen LogP contribution in [0, 0.1) is 0 Å². The average molecular weight is 549 g/mol. The molecule has 6 rings (SSSR count). The van der Waals surface area contributed by atoms with E-state index in [0.717, 1.165) is 22.4 Å². The van der Waals surface area contributed by atoms with E-state index in [4.69, 9.17) is 33.7 Å². The Bertz CT molecular complexity index is 1740. The number of hydrogen-bond acceptors (Lipinski definition) is 7. The third-order valence-corrected chi connectivity index (χ3v) is 6.69. The number of aromatic nitrogens is 7. The molecule has 13 heteroatoms. The summed E-state index contributed by atoms with van der Waals surface area (Å²) >= 11 is 12.3. The van der Waals surface area contributed by atoms with E-state index in [1.165, 1.54) is 6.07 Å². The first-order valence-corrected chi connectivity index (χ1v) is 12.2. The molecule has 5 heterocycles. The van der Waals surface area contributed by atoms with Crippen molar-refractivity contribution in [2.24, 2.45) is 5.73 Å². The molecule has 0 spiro atoms. The molecule has 0 aliphatic carbocycles. The van der Waals surface area contributed by atoms with E-state index in [1.54, 1.807) is 52.1 Å². The summed E-state index contributed by atoms with van der Waals surface area (Å²) in [5.41, 5.74) is 9.35. The minimum Gasteiger partial charge on any atom is -0.391 e. The summed E-state index contributed by atoms with van der Waals surface area (Å²) in [5, 5.41) is 8.69. The van der Waals surface area contributed by atoms with Crippen LogP contribution >= 0.6 is 23.2 Å². The fraction of sp³-hybridized carbons (Fsp3) is 0.120. The Hall–Kier alpha value is -4.48. The van der Waals surface area contributed by atoms with E-state index in [1.807, 2.05) is 12.1 Å². The number of benzene rings is 1. The summed E-state index contributed by atoms with van der Waals surface area (Å²) in [6, 6.07) is 11.9. The molecular weight excluding hydrogens is 531 g/mol. The molecule has 0 bridgehead atoms. The number of H-pyrrole nitrogens is 1. The zero-order valence-electron chi connectivity index (χ0n) is 19.5. The lowest BCUT2D eigenvalue weighted by Crippen LogP contribution is -2.23. The highest BCUT2D eigenvalue weighted by Crippen LogP contribution is 2.34. The van der Waals surface area contributed by atoms with Gasteiger partial charge in [0.2, 0.25) is 5.88 Å². The number of amides is 1. The van der Waals surface area contributed by atoms with E-state index >= 15 is 0 Å². The van der Waals surface area contributed by atoms with Gasteiger partial charge in [-0.1, -0.05) is 28.4 Å². The highest BCUT2D eigenvalue weighted by atomic mass is 35.5. The zero-order valence-corrected chi connectivity index (χ0v) is 21.0. The molecule has 0 unspecified atom stereocenters. The topological polar surface area (TPSA) is 147 Å². The molecule has 5 aromatic rings. The van der Waals surface area contributed by atoms with Crippen LogP contribution in [0.25, 0.3) is 28.1 Å². The van der Waals surface area contributed by atoms with Gasteiger partial charge in [0.15, 0.2) is 5.15 Å². The Labute approximate surface area is 224 Å². The Morgan fingerprint density at radius 3 is 2.68 bits per heavy atom. The van der Waals surface area contributed by atoms with Gasteiger partial charge in [0, 0.05) is 40.2 Å². The minimum absolute atomic E-state index is 0.0999. The van der Waals surface area contributed by atoms with Crippen molar-refractivity contribution in [1.82, 2.24) is 34.5 Å². The molecule has 1 aliphatic heterocycles. The SMILES string of the molecule is NC(=O)Oc1ccc(-c2cnc([C@@H]3CCc4cc(-c5cc(Cl)ccc5-n5cc(Cl)nn5)cc(=O)n43)[nH]2)cn1. The zero-order chi connectivity index (χ0) is 26.4. The number of aromatic amines is 1. The van der Waals surface area contributed by atoms with Crippen molar-refractivity contribution < 1.29 is 9.53 Å². The second kappa shape index (κ2) is 9.43. The summed E-state index contributed by atoms with van der Waals surface area (Å²) in [6.07, 6.45) is 5.28. The molecule has 0 saturated carbocycles. The Morgan fingerprint density at radius 2 is 1.95 bits per heavy atom. The van der Waals surface area contributed by atoms with Crippen LogP contribution in [0.4, 0.5) is 4.79 Å². The van der Waals surface area contributed by atoms with Crippen LogP contribution in [0.1, 0.15) is 24.0 Å². The maximum absolute atomic E-state index is 13.4. The lowest BCUT2D eigenvalue weighted by molar-refractivity contribution is 0.209. The number of pyridine rings is 2. The predicted octanol–water partition coefficient (Wildman–Crippen LogP) is 4.18. The fourth-order valence-electron chi connectivity index (χ4n) is 4.67. The molecule has 1 atom stereocenters. The molecule has 3 N–H and O–H groups in total. The largest absolute Gasteiger partial charge is 0.411 e. The van der Waals surface area contributed by atoms with Gasteiger partial charge in [-0.05, 0) is 48.7 Å². The van der Waals surface area contributed by atoms with Gasteiger partial charge in [-0.25, -0.2) is 19.4 Å². The number of ether oxygens (including phenoxy) is 1. The van der Waals surface area contributed by atoms with Crippen molar-refractivity contribution in [3.63, 3.8) is 0 Å². The van der Waals surface area contributed by atoms with Gasteiger partial charge in [-0.3, -0.25) is 4.79 Å².